The quantitative estimate of drug-likeness (QED) is 0.773. The summed E-state index contributed by atoms with van der Waals surface area (Å²) in [6.45, 7) is 6.35. The van der Waals surface area contributed by atoms with Crippen molar-refractivity contribution >= 4 is 5.69 Å². The van der Waals surface area contributed by atoms with Crippen molar-refractivity contribution in [1.29, 1.82) is 0 Å². The molecule has 0 aliphatic carbocycles. The maximum absolute atomic E-state index is 6.23. The Labute approximate surface area is 103 Å². The van der Waals surface area contributed by atoms with Gasteiger partial charge in [0.15, 0.2) is 0 Å². The zero-order chi connectivity index (χ0) is 12.4. The summed E-state index contributed by atoms with van der Waals surface area (Å²) in [6.07, 6.45) is 0.916. The molecule has 0 heterocycles. The van der Waals surface area contributed by atoms with E-state index in [9.17, 15) is 0 Å². The standard InChI is InChI=1S/C16H19N/c1-11-9-12(2)15(16(17)13(11)3)10-14-7-5-4-6-8-14/h4-9H,10,17H2,1-3H3. The molecule has 2 N–H and O–H groups in total. The van der Waals surface area contributed by atoms with Gasteiger partial charge < -0.3 is 5.73 Å². The van der Waals surface area contributed by atoms with Gasteiger partial charge in [0.1, 0.15) is 0 Å². The molecule has 2 rings (SSSR count). The average molecular weight is 225 g/mol. The van der Waals surface area contributed by atoms with Crippen LogP contribution in [-0.2, 0) is 6.42 Å². The Kier molecular flexibility index (Phi) is 3.19. The van der Waals surface area contributed by atoms with Crippen molar-refractivity contribution in [1.82, 2.24) is 0 Å². The summed E-state index contributed by atoms with van der Waals surface area (Å²) in [5, 5.41) is 0. The van der Waals surface area contributed by atoms with Crippen molar-refractivity contribution in [3.63, 3.8) is 0 Å². The monoisotopic (exact) mass is 225 g/mol. The van der Waals surface area contributed by atoms with Gasteiger partial charge in [0, 0.05) is 5.69 Å². The van der Waals surface area contributed by atoms with Crippen LogP contribution in [0.15, 0.2) is 36.4 Å². The van der Waals surface area contributed by atoms with Crippen LogP contribution in [-0.4, -0.2) is 0 Å². The molecule has 0 bridgehead atoms. The highest BCUT2D eigenvalue weighted by atomic mass is 14.6. The first kappa shape index (κ1) is 11.7. The molecule has 0 aliphatic heterocycles. The van der Waals surface area contributed by atoms with Gasteiger partial charge in [-0.05, 0) is 55.0 Å². The molecule has 0 radical (unpaired) electrons. The van der Waals surface area contributed by atoms with Crippen LogP contribution in [0.3, 0.4) is 0 Å². The van der Waals surface area contributed by atoms with E-state index in [1.165, 1.54) is 27.8 Å². The van der Waals surface area contributed by atoms with Gasteiger partial charge in [0.25, 0.3) is 0 Å². The molecule has 0 aliphatic rings. The van der Waals surface area contributed by atoms with Crippen molar-refractivity contribution < 1.29 is 0 Å². The fourth-order valence-corrected chi connectivity index (χ4v) is 2.21. The van der Waals surface area contributed by atoms with Gasteiger partial charge in [-0.25, -0.2) is 0 Å². The topological polar surface area (TPSA) is 26.0 Å². The normalized spacial score (nSPS) is 10.5. The molecule has 0 saturated heterocycles. The van der Waals surface area contributed by atoms with Gasteiger partial charge in [0.2, 0.25) is 0 Å². The van der Waals surface area contributed by atoms with Crippen LogP contribution in [0.5, 0.6) is 0 Å². The van der Waals surface area contributed by atoms with E-state index in [-0.39, 0.29) is 0 Å². The number of hydrogen-bond donors (Lipinski definition) is 1. The number of nitrogens with two attached hydrogens (primary N) is 1. The third-order valence-electron chi connectivity index (χ3n) is 3.45. The molecule has 2 aromatic carbocycles. The minimum absolute atomic E-state index is 0.916. The Morgan fingerprint density at radius 3 is 2.24 bits per heavy atom. The second kappa shape index (κ2) is 4.62. The summed E-state index contributed by atoms with van der Waals surface area (Å²) >= 11 is 0. The van der Waals surface area contributed by atoms with Crippen LogP contribution in [0.4, 0.5) is 5.69 Å². The van der Waals surface area contributed by atoms with Crippen molar-refractivity contribution in [3.8, 4) is 0 Å². The van der Waals surface area contributed by atoms with Gasteiger partial charge in [0.05, 0.1) is 0 Å². The van der Waals surface area contributed by atoms with Gasteiger partial charge in [-0.1, -0.05) is 36.4 Å². The van der Waals surface area contributed by atoms with Crippen molar-refractivity contribution in [2.75, 3.05) is 5.73 Å². The Balaban J connectivity index is 2.43. The second-order valence-electron chi connectivity index (χ2n) is 4.69. The first-order chi connectivity index (χ1) is 8.09. The van der Waals surface area contributed by atoms with Crippen molar-refractivity contribution in [2.45, 2.75) is 27.2 Å². The van der Waals surface area contributed by atoms with Crippen LogP contribution in [0.2, 0.25) is 0 Å². The number of nitrogen functional groups attached to an aromatic ring is 1. The summed E-state index contributed by atoms with van der Waals surface area (Å²) in [7, 11) is 0. The van der Waals surface area contributed by atoms with Gasteiger partial charge in [-0.15, -0.1) is 0 Å². The Hall–Kier alpha value is -1.76. The summed E-state index contributed by atoms with van der Waals surface area (Å²) in [6, 6.07) is 12.7. The maximum atomic E-state index is 6.23. The Bertz CT molecular complexity index is 527. The van der Waals surface area contributed by atoms with E-state index in [1.807, 2.05) is 6.07 Å². The molecule has 17 heavy (non-hydrogen) atoms. The molecule has 0 unspecified atom stereocenters. The predicted molar refractivity (Wildman–Crippen MR) is 74.3 cm³/mol. The average Bonchev–Trinajstić information content (AvgIpc) is 2.33. The number of rotatable bonds is 2. The lowest BCUT2D eigenvalue weighted by Gasteiger charge is -2.14. The molecular formula is C16H19N. The molecule has 2 aromatic rings. The minimum Gasteiger partial charge on any atom is -0.398 e. The number of hydrogen-bond acceptors (Lipinski definition) is 1. The molecule has 1 heteroatoms. The molecule has 0 saturated carbocycles. The lowest BCUT2D eigenvalue weighted by atomic mass is 9.93. The zero-order valence-electron chi connectivity index (χ0n) is 10.7. The van der Waals surface area contributed by atoms with Crippen molar-refractivity contribution in [3.05, 3.63) is 64.2 Å². The lowest BCUT2D eigenvalue weighted by molar-refractivity contribution is 1.14. The molecular weight excluding hydrogens is 206 g/mol. The fraction of sp³-hybridized carbons (Fsp3) is 0.250. The fourth-order valence-electron chi connectivity index (χ4n) is 2.21. The summed E-state index contributed by atoms with van der Waals surface area (Å²) in [4.78, 5) is 0. The first-order valence-electron chi connectivity index (χ1n) is 5.98. The van der Waals surface area contributed by atoms with E-state index >= 15 is 0 Å². The van der Waals surface area contributed by atoms with Crippen LogP contribution in [0.1, 0.15) is 27.8 Å². The third-order valence-corrected chi connectivity index (χ3v) is 3.45. The maximum Gasteiger partial charge on any atom is 0.0385 e. The Morgan fingerprint density at radius 1 is 0.941 bits per heavy atom. The van der Waals surface area contributed by atoms with E-state index < -0.39 is 0 Å². The second-order valence-corrected chi connectivity index (χ2v) is 4.69. The number of aryl methyl sites for hydroxylation is 2. The van der Waals surface area contributed by atoms with Gasteiger partial charge in [-0.3, -0.25) is 0 Å². The lowest BCUT2D eigenvalue weighted by Crippen LogP contribution is -2.03. The van der Waals surface area contributed by atoms with E-state index in [0.29, 0.717) is 0 Å². The van der Waals surface area contributed by atoms with Gasteiger partial charge >= 0.3 is 0 Å². The van der Waals surface area contributed by atoms with Crippen LogP contribution < -0.4 is 5.73 Å². The molecule has 1 nitrogen and oxygen atoms in total. The van der Waals surface area contributed by atoms with Crippen molar-refractivity contribution in [2.24, 2.45) is 0 Å². The van der Waals surface area contributed by atoms with E-state index in [2.05, 4.69) is 51.1 Å². The molecule has 0 atom stereocenters. The summed E-state index contributed by atoms with van der Waals surface area (Å²) < 4.78 is 0. The Morgan fingerprint density at radius 2 is 1.59 bits per heavy atom. The minimum atomic E-state index is 0.916. The summed E-state index contributed by atoms with van der Waals surface area (Å²) in [5.41, 5.74) is 13.5. The molecule has 0 amide bonds. The first-order valence-corrected chi connectivity index (χ1v) is 5.98. The smallest absolute Gasteiger partial charge is 0.0385 e. The summed E-state index contributed by atoms with van der Waals surface area (Å²) in [5.74, 6) is 0. The largest absolute Gasteiger partial charge is 0.398 e. The third kappa shape index (κ3) is 2.33. The molecule has 0 aromatic heterocycles. The SMILES string of the molecule is Cc1cc(C)c(Cc2ccccc2)c(N)c1C. The zero-order valence-corrected chi connectivity index (χ0v) is 10.7. The highest BCUT2D eigenvalue weighted by Crippen LogP contribution is 2.26. The molecule has 88 valence electrons. The van der Waals surface area contributed by atoms with Gasteiger partial charge in [-0.2, -0.15) is 0 Å². The van der Waals surface area contributed by atoms with E-state index in [0.717, 1.165) is 12.1 Å². The predicted octanol–water partition coefficient (Wildman–Crippen LogP) is 3.78. The number of benzene rings is 2. The van der Waals surface area contributed by atoms with E-state index in [4.69, 9.17) is 5.73 Å². The molecule has 0 fully saturated rings. The number of anilines is 1. The van der Waals surface area contributed by atoms with E-state index in [1.54, 1.807) is 0 Å². The highest BCUT2D eigenvalue weighted by Gasteiger charge is 2.09. The molecule has 0 spiro atoms. The highest BCUT2D eigenvalue weighted by molar-refractivity contribution is 5.60. The van der Waals surface area contributed by atoms with Crippen LogP contribution in [0.25, 0.3) is 0 Å². The van der Waals surface area contributed by atoms with Crippen LogP contribution in [0, 0.1) is 20.8 Å². The van der Waals surface area contributed by atoms with Crippen LogP contribution >= 0.6 is 0 Å².